The number of nitrogen functional groups attached to an aromatic ring is 1. The van der Waals surface area contributed by atoms with Crippen molar-refractivity contribution in [3.05, 3.63) is 61.7 Å². The minimum atomic E-state index is -4.64. The lowest BCUT2D eigenvalue weighted by Crippen LogP contribution is -2.08. The summed E-state index contributed by atoms with van der Waals surface area (Å²) in [5, 5.41) is 13.4. The van der Waals surface area contributed by atoms with Gasteiger partial charge in [-0.3, -0.25) is 0 Å². The SMILES string of the molecule is N#Cc1nn(-c2c(Cl)cc(C(F)(F)F)cc2Cl)c(N)c1-c1cc(Cl)cc(Cl)c1. The summed E-state index contributed by atoms with van der Waals surface area (Å²) in [6, 6.07) is 7.80. The smallest absolute Gasteiger partial charge is 0.383 e. The van der Waals surface area contributed by atoms with Crippen LogP contribution in [0.4, 0.5) is 19.0 Å². The van der Waals surface area contributed by atoms with E-state index in [1.54, 1.807) is 0 Å². The molecular formula is C17H7Cl4F3N4. The molecule has 0 aliphatic heterocycles. The number of rotatable bonds is 2. The predicted octanol–water partition coefficient (Wildman–Crippen LogP) is 6.63. The average Bonchev–Trinajstić information content (AvgIpc) is 2.89. The first-order chi connectivity index (χ1) is 13.0. The molecule has 0 atom stereocenters. The molecule has 2 aromatic carbocycles. The number of alkyl halides is 3. The van der Waals surface area contributed by atoms with Crippen LogP contribution in [0.25, 0.3) is 16.8 Å². The molecule has 0 spiro atoms. The van der Waals surface area contributed by atoms with Crippen LogP contribution in [0.5, 0.6) is 0 Å². The molecule has 0 saturated carbocycles. The van der Waals surface area contributed by atoms with E-state index in [0.29, 0.717) is 27.7 Å². The van der Waals surface area contributed by atoms with Crippen molar-refractivity contribution in [2.24, 2.45) is 0 Å². The number of halogens is 7. The molecule has 144 valence electrons. The van der Waals surface area contributed by atoms with E-state index >= 15 is 0 Å². The van der Waals surface area contributed by atoms with Crippen molar-refractivity contribution < 1.29 is 13.2 Å². The number of hydrogen-bond acceptors (Lipinski definition) is 3. The second-order valence-corrected chi connectivity index (χ2v) is 7.26. The fraction of sp³-hybridized carbons (Fsp3) is 0.0588. The van der Waals surface area contributed by atoms with Crippen LogP contribution in [0.2, 0.25) is 20.1 Å². The van der Waals surface area contributed by atoms with Crippen molar-refractivity contribution in [3.63, 3.8) is 0 Å². The topological polar surface area (TPSA) is 67.6 Å². The minimum Gasteiger partial charge on any atom is -0.383 e. The Morgan fingerprint density at radius 2 is 1.50 bits per heavy atom. The Morgan fingerprint density at radius 3 is 1.96 bits per heavy atom. The van der Waals surface area contributed by atoms with Gasteiger partial charge in [0.15, 0.2) is 5.69 Å². The summed E-state index contributed by atoms with van der Waals surface area (Å²) in [4.78, 5) is 0. The Hall–Kier alpha value is -2.11. The van der Waals surface area contributed by atoms with Crippen molar-refractivity contribution in [1.82, 2.24) is 9.78 Å². The predicted molar refractivity (Wildman–Crippen MR) is 103 cm³/mol. The number of nitrogens with zero attached hydrogens (tertiary/aromatic N) is 3. The summed E-state index contributed by atoms with van der Waals surface area (Å²) in [6.45, 7) is 0. The van der Waals surface area contributed by atoms with Crippen LogP contribution in [0.1, 0.15) is 11.3 Å². The van der Waals surface area contributed by atoms with E-state index in [4.69, 9.17) is 52.1 Å². The number of nitrogens with two attached hydrogens (primary N) is 1. The van der Waals surface area contributed by atoms with E-state index in [9.17, 15) is 18.4 Å². The summed E-state index contributed by atoms with van der Waals surface area (Å²) < 4.78 is 39.9. The Bertz CT molecular complexity index is 1090. The molecule has 4 nitrogen and oxygen atoms in total. The zero-order chi connectivity index (χ0) is 20.8. The zero-order valence-electron chi connectivity index (χ0n) is 13.5. The molecule has 0 radical (unpaired) electrons. The van der Waals surface area contributed by atoms with Gasteiger partial charge < -0.3 is 5.73 Å². The van der Waals surface area contributed by atoms with Crippen molar-refractivity contribution in [1.29, 1.82) is 5.26 Å². The number of aromatic nitrogens is 2. The van der Waals surface area contributed by atoms with E-state index in [1.807, 2.05) is 6.07 Å². The number of anilines is 1. The lowest BCUT2D eigenvalue weighted by molar-refractivity contribution is -0.137. The summed E-state index contributed by atoms with van der Waals surface area (Å²) in [6.07, 6.45) is -4.64. The van der Waals surface area contributed by atoms with Crippen LogP contribution in [-0.2, 0) is 6.18 Å². The first kappa shape index (κ1) is 20.6. The van der Waals surface area contributed by atoms with Crippen molar-refractivity contribution in [2.75, 3.05) is 5.73 Å². The highest BCUT2D eigenvalue weighted by Crippen LogP contribution is 2.40. The summed E-state index contributed by atoms with van der Waals surface area (Å²) in [7, 11) is 0. The zero-order valence-corrected chi connectivity index (χ0v) is 16.5. The molecular weight excluding hydrogens is 459 g/mol. The fourth-order valence-corrected chi connectivity index (χ4v) is 3.77. The number of benzene rings is 2. The van der Waals surface area contributed by atoms with Gasteiger partial charge in [0.2, 0.25) is 0 Å². The molecule has 0 unspecified atom stereocenters. The minimum absolute atomic E-state index is 0.0709. The van der Waals surface area contributed by atoms with Crippen LogP contribution < -0.4 is 5.73 Å². The average molecular weight is 466 g/mol. The normalized spacial score (nSPS) is 11.5. The van der Waals surface area contributed by atoms with E-state index in [-0.39, 0.29) is 32.8 Å². The fourth-order valence-electron chi connectivity index (χ4n) is 2.59. The highest BCUT2D eigenvalue weighted by molar-refractivity contribution is 6.38. The molecule has 0 amide bonds. The highest BCUT2D eigenvalue weighted by Gasteiger charge is 2.33. The van der Waals surface area contributed by atoms with Crippen LogP contribution in [0.15, 0.2) is 30.3 Å². The maximum absolute atomic E-state index is 12.9. The summed E-state index contributed by atoms with van der Waals surface area (Å²) >= 11 is 24.0. The van der Waals surface area contributed by atoms with E-state index in [1.165, 1.54) is 18.2 Å². The van der Waals surface area contributed by atoms with Crippen molar-refractivity contribution >= 4 is 52.2 Å². The van der Waals surface area contributed by atoms with Gasteiger partial charge in [0.1, 0.15) is 17.6 Å². The molecule has 1 heterocycles. The van der Waals surface area contributed by atoms with E-state index < -0.39 is 11.7 Å². The maximum Gasteiger partial charge on any atom is 0.416 e. The lowest BCUT2D eigenvalue weighted by atomic mass is 10.1. The second-order valence-electron chi connectivity index (χ2n) is 5.58. The molecule has 0 fully saturated rings. The largest absolute Gasteiger partial charge is 0.416 e. The van der Waals surface area contributed by atoms with Crippen molar-refractivity contribution in [2.45, 2.75) is 6.18 Å². The van der Waals surface area contributed by atoms with Crippen molar-refractivity contribution in [3.8, 4) is 22.9 Å². The van der Waals surface area contributed by atoms with Gasteiger partial charge in [-0.15, -0.1) is 0 Å². The molecule has 0 aliphatic carbocycles. The van der Waals surface area contributed by atoms with E-state index in [0.717, 1.165) is 4.68 Å². The van der Waals surface area contributed by atoms with Crippen LogP contribution in [0, 0.1) is 11.3 Å². The molecule has 1 aromatic heterocycles. The van der Waals surface area contributed by atoms with Crippen LogP contribution in [0.3, 0.4) is 0 Å². The first-order valence-corrected chi connectivity index (χ1v) is 8.85. The molecule has 28 heavy (non-hydrogen) atoms. The Morgan fingerprint density at radius 1 is 0.964 bits per heavy atom. The molecule has 3 aromatic rings. The quantitative estimate of drug-likeness (QED) is 0.462. The maximum atomic E-state index is 12.9. The number of hydrogen-bond donors (Lipinski definition) is 1. The third-order valence-electron chi connectivity index (χ3n) is 3.73. The van der Waals surface area contributed by atoms with Crippen LogP contribution in [-0.4, -0.2) is 9.78 Å². The highest BCUT2D eigenvalue weighted by atomic mass is 35.5. The summed E-state index contributed by atoms with van der Waals surface area (Å²) in [5.74, 6) is -0.0709. The molecule has 0 aliphatic rings. The molecule has 11 heteroatoms. The van der Waals surface area contributed by atoms with Gasteiger partial charge in [-0.2, -0.15) is 23.5 Å². The third-order valence-corrected chi connectivity index (χ3v) is 4.75. The Balaban J connectivity index is 2.26. The van der Waals surface area contributed by atoms with Crippen LogP contribution >= 0.6 is 46.4 Å². The van der Waals surface area contributed by atoms with Gasteiger partial charge in [0.25, 0.3) is 0 Å². The monoisotopic (exact) mass is 464 g/mol. The molecule has 2 N–H and O–H groups in total. The molecule has 0 saturated heterocycles. The van der Waals surface area contributed by atoms with Gasteiger partial charge in [0, 0.05) is 10.0 Å². The van der Waals surface area contributed by atoms with Gasteiger partial charge in [-0.1, -0.05) is 46.4 Å². The molecule has 0 bridgehead atoms. The number of nitriles is 1. The van der Waals surface area contributed by atoms with E-state index in [2.05, 4.69) is 5.10 Å². The Labute approximate surface area is 176 Å². The second kappa shape index (κ2) is 7.37. The summed E-state index contributed by atoms with van der Waals surface area (Å²) in [5.41, 5.74) is 5.49. The van der Waals surface area contributed by atoms with Gasteiger partial charge >= 0.3 is 6.18 Å². The molecule has 3 rings (SSSR count). The lowest BCUT2D eigenvalue weighted by Gasteiger charge is -2.13. The van der Waals surface area contributed by atoms with Gasteiger partial charge in [0.05, 0.1) is 21.2 Å². The Kier molecular flexibility index (Phi) is 5.43. The van der Waals surface area contributed by atoms with Gasteiger partial charge in [-0.25, -0.2) is 4.68 Å². The van der Waals surface area contributed by atoms with Gasteiger partial charge in [-0.05, 0) is 35.9 Å². The first-order valence-electron chi connectivity index (χ1n) is 7.34. The third kappa shape index (κ3) is 3.74. The standard InChI is InChI=1S/C17H7Cl4F3N4/c18-9-1-7(2-10(19)5-9)14-13(6-25)27-28(16(14)26)15-11(20)3-8(4-12(15)21)17(22,23)24/h1-5H,26H2.